The van der Waals surface area contributed by atoms with Gasteiger partial charge in [-0.3, -0.25) is 14.5 Å². The lowest BCUT2D eigenvalue weighted by atomic mass is 9.72. The van der Waals surface area contributed by atoms with Crippen LogP contribution in [0.2, 0.25) is 10.0 Å². The minimum absolute atomic E-state index is 0.00569. The van der Waals surface area contributed by atoms with Crippen LogP contribution in [0, 0.1) is 17.8 Å². The van der Waals surface area contributed by atoms with Gasteiger partial charge in [0, 0.05) is 60.8 Å². The second kappa shape index (κ2) is 16.1. The molecule has 2 bridgehead atoms. The number of aromatic nitrogens is 2. The molecule has 0 amide bonds. The summed E-state index contributed by atoms with van der Waals surface area (Å²) < 4.78 is 18.0. The number of Topliss-reactive ketones (excluding diaryl/α,β-unsaturated/α-hetero) is 1. The van der Waals surface area contributed by atoms with Gasteiger partial charge in [-0.2, -0.15) is 4.98 Å². The van der Waals surface area contributed by atoms with Crippen LogP contribution < -0.4 is 19.5 Å². The summed E-state index contributed by atoms with van der Waals surface area (Å²) in [5, 5.41) is 14.3. The highest BCUT2D eigenvalue weighted by molar-refractivity contribution is 6.36. The Morgan fingerprint density at radius 3 is 2.45 bits per heavy atom. The number of carboxylic acids is 1. The van der Waals surface area contributed by atoms with Gasteiger partial charge in [0.25, 0.3) is 0 Å². The van der Waals surface area contributed by atoms with E-state index >= 15 is 0 Å². The Labute approximate surface area is 331 Å². The van der Waals surface area contributed by atoms with Crippen molar-refractivity contribution in [1.29, 1.82) is 0 Å². The summed E-state index contributed by atoms with van der Waals surface area (Å²) in [6.07, 6.45) is 6.24. The van der Waals surface area contributed by atoms with E-state index in [0.717, 1.165) is 96.3 Å². The lowest BCUT2D eigenvalue weighted by molar-refractivity contribution is -0.150. The number of ether oxygens (including phenoxy) is 3. The number of aliphatic carboxylic acids is 1. The number of piperidine rings is 2. The maximum absolute atomic E-state index is 12.0. The van der Waals surface area contributed by atoms with Gasteiger partial charge in [0.2, 0.25) is 17.6 Å². The van der Waals surface area contributed by atoms with Crippen LogP contribution in [0.5, 0.6) is 17.6 Å². The van der Waals surface area contributed by atoms with Crippen LogP contribution in [0.1, 0.15) is 73.3 Å². The van der Waals surface area contributed by atoms with Gasteiger partial charge in [-0.15, -0.1) is 0 Å². The van der Waals surface area contributed by atoms with Gasteiger partial charge in [-0.05, 0) is 85.7 Å². The average molecular weight is 786 g/mol. The smallest absolute Gasteiger partial charge is 0.308 e. The van der Waals surface area contributed by atoms with Crippen LogP contribution in [-0.4, -0.2) is 65.1 Å². The summed E-state index contributed by atoms with van der Waals surface area (Å²) in [7, 11) is 3.21. The highest BCUT2D eigenvalue weighted by atomic mass is 35.5. The van der Waals surface area contributed by atoms with E-state index in [1.54, 1.807) is 14.2 Å². The third-order valence-electron chi connectivity index (χ3n) is 12.0. The second-order valence-corrected chi connectivity index (χ2v) is 16.2. The first-order chi connectivity index (χ1) is 26.7. The molecule has 3 aliphatic carbocycles. The van der Waals surface area contributed by atoms with Gasteiger partial charge in [0.15, 0.2) is 0 Å². The van der Waals surface area contributed by atoms with E-state index in [0.29, 0.717) is 71.2 Å². The van der Waals surface area contributed by atoms with Crippen molar-refractivity contribution >= 4 is 35.0 Å². The number of benzene rings is 2. The van der Waals surface area contributed by atoms with E-state index in [1.807, 2.05) is 42.5 Å². The Hall–Kier alpha value is -4.22. The summed E-state index contributed by atoms with van der Waals surface area (Å²) in [6, 6.07) is 18.1. The Morgan fingerprint density at radius 2 is 1.69 bits per heavy atom. The number of hydrogen-bond acceptors (Lipinski definition) is 9. The van der Waals surface area contributed by atoms with Crippen molar-refractivity contribution in [1.82, 2.24) is 20.2 Å². The molecule has 3 unspecified atom stereocenters. The van der Waals surface area contributed by atoms with E-state index in [-0.39, 0.29) is 18.1 Å². The van der Waals surface area contributed by atoms with Crippen molar-refractivity contribution in [3.63, 3.8) is 0 Å². The highest BCUT2D eigenvalue weighted by Gasteiger charge is 2.44. The molecule has 55 heavy (non-hydrogen) atoms. The fraction of sp³-hybridized carbons (Fsp3) is 0.442. The lowest BCUT2D eigenvalue weighted by Gasteiger charge is -2.48. The zero-order valence-corrected chi connectivity index (χ0v) is 32.7. The van der Waals surface area contributed by atoms with Crippen molar-refractivity contribution < 1.29 is 28.9 Å². The molecule has 4 fully saturated rings. The Balaban J connectivity index is 0.994. The van der Waals surface area contributed by atoms with Gasteiger partial charge < -0.3 is 24.6 Å². The molecule has 4 heterocycles. The Kier molecular flexibility index (Phi) is 11.0. The number of carboxylic acid groups (broad SMARTS) is 1. The Bertz CT molecular complexity index is 2110. The first-order valence-corrected chi connectivity index (χ1v) is 20.0. The monoisotopic (exact) mass is 784 g/mol. The van der Waals surface area contributed by atoms with Gasteiger partial charge in [-0.25, -0.2) is 4.98 Å². The summed E-state index contributed by atoms with van der Waals surface area (Å²) in [6.45, 7) is 2.77. The predicted octanol–water partition coefficient (Wildman–Crippen LogP) is 8.34. The normalized spacial score (nSPS) is 23.2. The first kappa shape index (κ1) is 37.7. The molecule has 4 aromatic rings. The first-order valence-electron chi connectivity index (χ1n) is 19.2. The number of fused-ring (bicyclic) bond motifs is 4. The van der Waals surface area contributed by atoms with Crippen LogP contribution in [0.25, 0.3) is 22.4 Å². The van der Waals surface area contributed by atoms with Crippen LogP contribution in [0.3, 0.4) is 0 Å². The van der Waals surface area contributed by atoms with Crippen molar-refractivity contribution in [2.45, 2.75) is 76.6 Å². The van der Waals surface area contributed by atoms with Gasteiger partial charge >= 0.3 is 5.97 Å². The van der Waals surface area contributed by atoms with Crippen LogP contribution in [-0.2, 0) is 29.1 Å². The van der Waals surface area contributed by atoms with Gasteiger partial charge in [0.05, 0.1) is 30.9 Å². The molecule has 0 radical (unpaired) electrons. The topological polar surface area (TPSA) is 123 Å². The molecule has 9 rings (SSSR count). The molecule has 12 heteroatoms. The SMILES string of the molecule is COc1nc(-c2cccc(-c3cccc4c3CC[C@@H]4Oc3nc(OC)c(CN4CC5CCC4C(C(=O)O)C5)cc3Cl)c2Cl)ccc1CNC[C@@H]1CCC(=O)C1. The molecule has 0 spiro atoms. The van der Waals surface area contributed by atoms with Crippen LogP contribution >= 0.6 is 23.2 Å². The number of methoxy groups -OCH3 is 2. The van der Waals surface area contributed by atoms with Gasteiger partial charge in [-0.1, -0.05) is 65.7 Å². The lowest BCUT2D eigenvalue weighted by Crippen LogP contribution is -2.54. The van der Waals surface area contributed by atoms with E-state index in [4.69, 9.17) is 47.4 Å². The molecule has 2 saturated heterocycles. The number of pyridine rings is 2. The molecule has 2 aliphatic heterocycles. The summed E-state index contributed by atoms with van der Waals surface area (Å²) in [5.41, 5.74) is 7.46. The quantitative estimate of drug-likeness (QED) is 0.137. The number of carbonyl (C=O) groups is 2. The minimum atomic E-state index is -0.719. The molecule has 5 aliphatic rings. The van der Waals surface area contributed by atoms with Gasteiger partial charge in [0.1, 0.15) is 16.9 Å². The number of hydrogen-bond donors (Lipinski definition) is 2. The molecule has 5 atom stereocenters. The second-order valence-electron chi connectivity index (χ2n) is 15.4. The Morgan fingerprint density at radius 1 is 0.909 bits per heavy atom. The molecule has 2 saturated carbocycles. The molecule has 288 valence electrons. The average Bonchev–Trinajstić information content (AvgIpc) is 3.81. The number of halogens is 2. The van der Waals surface area contributed by atoms with E-state index in [1.165, 1.54) is 0 Å². The highest BCUT2D eigenvalue weighted by Crippen LogP contribution is 2.45. The summed E-state index contributed by atoms with van der Waals surface area (Å²) >= 11 is 14.1. The third kappa shape index (κ3) is 7.66. The largest absolute Gasteiger partial charge is 0.481 e. The fourth-order valence-corrected chi connectivity index (χ4v) is 9.86. The number of carbonyl (C=O) groups excluding carboxylic acids is 1. The molecular formula is C43H46Cl2N4O6. The standard InChI is InChI=1S/C43H46Cl2N4O6/c1-53-40-26(21-46-20-24-9-12-28(50)17-24)11-14-36(47-40)33-8-4-7-32(39(33)45)29-5-3-6-31-30(29)13-16-38(31)55-42-35(44)19-27(41(48-42)54-2)23-49-22-25-10-15-37(49)34(18-25)43(51)52/h3-8,11,14,19,24-25,34,37-38,46H,9-10,12-13,15-18,20-23H2,1-2H3,(H,51,52)/t24-,25?,34?,37?,38+/m1/s1. The zero-order chi connectivity index (χ0) is 38.2. The van der Waals surface area contributed by atoms with Crippen molar-refractivity contribution in [3.8, 4) is 40.0 Å². The van der Waals surface area contributed by atoms with E-state index in [9.17, 15) is 14.7 Å². The molecule has 10 nitrogen and oxygen atoms in total. The minimum Gasteiger partial charge on any atom is -0.481 e. The van der Waals surface area contributed by atoms with Crippen LogP contribution in [0.15, 0.2) is 54.6 Å². The zero-order valence-electron chi connectivity index (χ0n) is 31.2. The molecule has 2 N–H and O–H groups in total. The number of ketones is 1. The molecule has 2 aromatic heterocycles. The number of nitrogens with one attached hydrogen (secondary N) is 1. The maximum Gasteiger partial charge on any atom is 0.308 e. The van der Waals surface area contributed by atoms with E-state index in [2.05, 4.69) is 22.3 Å². The van der Waals surface area contributed by atoms with Crippen molar-refractivity contribution in [3.05, 3.63) is 86.9 Å². The fourth-order valence-electron chi connectivity index (χ4n) is 9.31. The molecular weight excluding hydrogens is 739 g/mol. The number of nitrogens with zero attached hydrogens (tertiary/aromatic N) is 3. The summed E-state index contributed by atoms with van der Waals surface area (Å²) in [5.74, 6) is 1.33. The summed E-state index contributed by atoms with van der Waals surface area (Å²) in [4.78, 5) is 35.5. The molecule has 2 aromatic carbocycles. The van der Waals surface area contributed by atoms with Crippen molar-refractivity contribution in [2.75, 3.05) is 27.3 Å². The van der Waals surface area contributed by atoms with E-state index < -0.39 is 5.97 Å². The third-order valence-corrected chi connectivity index (χ3v) is 12.7. The van der Waals surface area contributed by atoms with Crippen LogP contribution in [0.4, 0.5) is 0 Å². The van der Waals surface area contributed by atoms with Crippen molar-refractivity contribution in [2.24, 2.45) is 17.8 Å². The number of rotatable bonds is 13. The maximum atomic E-state index is 12.0. The predicted molar refractivity (Wildman–Crippen MR) is 211 cm³/mol.